The fraction of sp³-hybridized carbons (Fsp3) is 0.929. The molecule has 1 amide bonds. The highest BCUT2D eigenvalue weighted by molar-refractivity contribution is 5.68. The van der Waals surface area contributed by atoms with Gasteiger partial charge in [-0.25, -0.2) is 4.79 Å². The van der Waals surface area contributed by atoms with Gasteiger partial charge in [0.15, 0.2) is 0 Å². The van der Waals surface area contributed by atoms with Crippen LogP contribution in [0.15, 0.2) is 0 Å². The number of carbonyl (C=O) groups excluding carboxylic acids is 1. The van der Waals surface area contributed by atoms with Crippen LogP contribution >= 0.6 is 0 Å². The Morgan fingerprint density at radius 3 is 2.44 bits per heavy atom. The van der Waals surface area contributed by atoms with Crippen LogP contribution in [0.1, 0.15) is 52.9 Å². The second kappa shape index (κ2) is 5.47. The van der Waals surface area contributed by atoms with Crippen molar-refractivity contribution in [2.24, 2.45) is 0 Å². The lowest BCUT2D eigenvalue weighted by Crippen LogP contribution is -2.41. The van der Waals surface area contributed by atoms with Crippen molar-refractivity contribution in [1.82, 2.24) is 10.2 Å². The average molecular weight is 254 g/mol. The summed E-state index contributed by atoms with van der Waals surface area (Å²) < 4.78 is 5.40. The van der Waals surface area contributed by atoms with Gasteiger partial charge in [-0.1, -0.05) is 12.8 Å². The summed E-state index contributed by atoms with van der Waals surface area (Å²) in [5, 5.41) is 3.68. The van der Waals surface area contributed by atoms with E-state index in [0.29, 0.717) is 12.1 Å². The molecule has 1 heterocycles. The molecule has 1 aliphatic heterocycles. The quantitative estimate of drug-likeness (QED) is 0.823. The molecule has 1 aliphatic carbocycles. The minimum absolute atomic E-state index is 0.168. The van der Waals surface area contributed by atoms with E-state index in [1.54, 1.807) is 0 Å². The van der Waals surface area contributed by atoms with Crippen LogP contribution in [0.2, 0.25) is 0 Å². The number of hydrogen-bond acceptors (Lipinski definition) is 3. The van der Waals surface area contributed by atoms with Gasteiger partial charge >= 0.3 is 6.09 Å². The summed E-state index contributed by atoms with van der Waals surface area (Å²) in [6, 6.07) is 1.13. The van der Waals surface area contributed by atoms with E-state index in [9.17, 15) is 4.79 Å². The Morgan fingerprint density at radius 1 is 1.17 bits per heavy atom. The molecule has 0 aromatic carbocycles. The molecule has 4 nitrogen and oxygen atoms in total. The Bertz CT molecular complexity index is 293. The second-order valence-corrected chi connectivity index (χ2v) is 6.56. The molecule has 1 saturated carbocycles. The molecule has 0 bridgehead atoms. The average Bonchev–Trinajstić information content (AvgIpc) is 2.86. The van der Waals surface area contributed by atoms with E-state index in [1.165, 1.54) is 25.7 Å². The predicted octanol–water partition coefficient (Wildman–Crippen LogP) is 2.53. The molecule has 2 aliphatic rings. The van der Waals surface area contributed by atoms with Crippen LogP contribution in [0.3, 0.4) is 0 Å². The summed E-state index contributed by atoms with van der Waals surface area (Å²) in [5.74, 6) is 0. The third-order valence-corrected chi connectivity index (χ3v) is 3.67. The number of carbonyl (C=O) groups is 1. The van der Waals surface area contributed by atoms with Crippen LogP contribution in [0.4, 0.5) is 4.79 Å². The summed E-state index contributed by atoms with van der Waals surface area (Å²) in [5.41, 5.74) is -0.395. The number of amides is 1. The van der Waals surface area contributed by atoms with E-state index in [0.717, 1.165) is 19.5 Å². The first-order valence-corrected chi connectivity index (χ1v) is 7.18. The lowest BCUT2D eigenvalue weighted by Gasteiger charge is -2.25. The Hall–Kier alpha value is -0.770. The normalized spacial score (nSPS) is 25.7. The summed E-state index contributed by atoms with van der Waals surface area (Å²) in [6.45, 7) is 7.35. The maximum absolute atomic E-state index is 11.9. The van der Waals surface area contributed by atoms with Crippen LogP contribution in [0, 0.1) is 0 Å². The van der Waals surface area contributed by atoms with Gasteiger partial charge in [-0.3, -0.25) is 0 Å². The van der Waals surface area contributed by atoms with Gasteiger partial charge in [-0.05, 0) is 40.0 Å². The lowest BCUT2D eigenvalue weighted by molar-refractivity contribution is 0.0290. The van der Waals surface area contributed by atoms with Crippen molar-refractivity contribution in [1.29, 1.82) is 0 Å². The summed E-state index contributed by atoms with van der Waals surface area (Å²) in [4.78, 5) is 13.8. The van der Waals surface area contributed by atoms with Gasteiger partial charge < -0.3 is 15.0 Å². The zero-order chi connectivity index (χ0) is 13.2. The molecule has 1 N–H and O–H groups in total. The predicted molar refractivity (Wildman–Crippen MR) is 71.6 cm³/mol. The number of nitrogens with zero attached hydrogens (tertiary/aromatic N) is 1. The Balaban J connectivity index is 1.75. The summed E-state index contributed by atoms with van der Waals surface area (Å²) in [7, 11) is 0. The smallest absolute Gasteiger partial charge is 0.410 e. The van der Waals surface area contributed by atoms with E-state index >= 15 is 0 Å². The highest BCUT2D eigenvalue weighted by Crippen LogP contribution is 2.21. The molecule has 1 atom stereocenters. The van der Waals surface area contributed by atoms with Crippen molar-refractivity contribution in [2.45, 2.75) is 70.6 Å². The Kier molecular flexibility index (Phi) is 4.15. The highest BCUT2D eigenvalue weighted by Gasteiger charge is 2.31. The van der Waals surface area contributed by atoms with E-state index in [4.69, 9.17) is 4.74 Å². The minimum Gasteiger partial charge on any atom is -0.444 e. The fourth-order valence-corrected chi connectivity index (χ4v) is 2.81. The molecule has 0 aromatic rings. The van der Waals surface area contributed by atoms with Crippen molar-refractivity contribution in [3.8, 4) is 0 Å². The summed E-state index contributed by atoms with van der Waals surface area (Å²) in [6.07, 6.45) is 6.17. The lowest BCUT2D eigenvalue weighted by atomic mass is 10.2. The maximum atomic E-state index is 11.9. The molecule has 4 heteroatoms. The van der Waals surface area contributed by atoms with Crippen LogP contribution in [-0.4, -0.2) is 41.8 Å². The van der Waals surface area contributed by atoms with E-state index < -0.39 is 5.60 Å². The first-order valence-electron chi connectivity index (χ1n) is 7.18. The molecule has 1 saturated heterocycles. The third kappa shape index (κ3) is 3.87. The van der Waals surface area contributed by atoms with Crippen LogP contribution in [0.25, 0.3) is 0 Å². The molecule has 104 valence electrons. The van der Waals surface area contributed by atoms with Gasteiger partial charge in [0.05, 0.1) is 0 Å². The largest absolute Gasteiger partial charge is 0.444 e. The van der Waals surface area contributed by atoms with Crippen molar-refractivity contribution < 1.29 is 9.53 Å². The monoisotopic (exact) mass is 254 g/mol. The molecular formula is C14H26N2O2. The standard InChI is InChI=1S/C14H26N2O2/c1-14(2,3)18-13(17)16-9-8-12(10-16)15-11-6-4-5-7-11/h11-12,15H,4-10H2,1-3H3/t12-/m1/s1. The minimum atomic E-state index is -0.395. The number of hydrogen-bond donors (Lipinski definition) is 1. The van der Waals surface area contributed by atoms with Crippen LogP contribution in [0.5, 0.6) is 0 Å². The van der Waals surface area contributed by atoms with Crippen molar-refractivity contribution in [3.05, 3.63) is 0 Å². The molecule has 0 spiro atoms. The van der Waals surface area contributed by atoms with Gasteiger partial charge in [-0.2, -0.15) is 0 Å². The van der Waals surface area contributed by atoms with Crippen LogP contribution < -0.4 is 5.32 Å². The zero-order valence-electron chi connectivity index (χ0n) is 11.9. The number of ether oxygens (including phenoxy) is 1. The molecule has 2 rings (SSSR count). The fourth-order valence-electron chi connectivity index (χ4n) is 2.81. The Labute approximate surface area is 110 Å². The first kappa shape index (κ1) is 13.7. The van der Waals surface area contributed by atoms with Crippen LogP contribution in [-0.2, 0) is 4.74 Å². The highest BCUT2D eigenvalue weighted by atomic mass is 16.6. The van der Waals surface area contributed by atoms with Gasteiger partial charge in [0, 0.05) is 25.2 Å². The number of nitrogens with one attached hydrogen (secondary N) is 1. The molecule has 0 aromatic heterocycles. The third-order valence-electron chi connectivity index (χ3n) is 3.67. The molecule has 2 fully saturated rings. The van der Waals surface area contributed by atoms with E-state index in [1.807, 2.05) is 25.7 Å². The van der Waals surface area contributed by atoms with Gasteiger partial charge in [-0.15, -0.1) is 0 Å². The summed E-state index contributed by atoms with van der Waals surface area (Å²) >= 11 is 0. The molecular weight excluding hydrogens is 228 g/mol. The number of likely N-dealkylation sites (tertiary alicyclic amines) is 1. The first-order chi connectivity index (χ1) is 8.44. The number of rotatable bonds is 2. The molecule has 0 unspecified atom stereocenters. The van der Waals surface area contributed by atoms with Crippen molar-refractivity contribution in [2.75, 3.05) is 13.1 Å². The van der Waals surface area contributed by atoms with Gasteiger partial charge in [0.2, 0.25) is 0 Å². The Morgan fingerprint density at radius 2 is 1.83 bits per heavy atom. The molecule has 0 radical (unpaired) electrons. The second-order valence-electron chi connectivity index (χ2n) is 6.56. The van der Waals surface area contributed by atoms with Crippen molar-refractivity contribution >= 4 is 6.09 Å². The van der Waals surface area contributed by atoms with Gasteiger partial charge in [0.1, 0.15) is 5.60 Å². The zero-order valence-corrected chi connectivity index (χ0v) is 11.9. The maximum Gasteiger partial charge on any atom is 0.410 e. The van der Waals surface area contributed by atoms with E-state index in [-0.39, 0.29) is 6.09 Å². The van der Waals surface area contributed by atoms with Gasteiger partial charge in [0.25, 0.3) is 0 Å². The SMILES string of the molecule is CC(C)(C)OC(=O)N1CC[C@@H](NC2CCCC2)C1. The van der Waals surface area contributed by atoms with E-state index in [2.05, 4.69) is 5.32 Å². The molecule has 18 heavy (non-hydrogen) atoms. The van der Waals surface area contributed by atoms with Crippen molar-refractivity contribution in [3.63, 3.8) is 0 Å². The topological polar surface area (TPSA) is 41.6 Å².